The van der Waals surface area contributed by atoms with Crippen molar-refractivity contribution >= 4 is 15.9 Å². The largest absolute Gasteiger partial charge is 0.381 e. The third-order valence-electron chi connectivity index (χ3n) is 3.12. The Bertz CT molecular complexity index is 343. The van der Waals surface area contributed by atoms with Gasteiger partial charge in [-0.05, 0) is 56.0 Å². The smallest absolute Gasteiger partial charge is 0.0469 e. The first kappa shape index (κ1) is 16.7. The van der Waals surface area contributed by atoms with Gasteiger partial charge < -0.3 is 10.1 Å². The zero-order valence-electron chi connectivity index (χ0n) is 12.1. The molecule has 0 saturated heterocycles. The molecule has 2 nitrogen and oxygen atoms in total. The van der Waals surface area contributed by atoms with Gasteiger partial charge in [-0.25, -0.2) is 0 Å². The average Bonchev–Trinajstić information content (AvgIpc) is 2.40. The molecule has 0 heterocycles. The van der Waals surface area contributed by atoms with Crippen molar-refractivity contribution in [1.82, 2.24) is 5.32 Å². The van der Waals surface area contributed by atoms with E-state index in [1.54, 1.807) is 0 Å². The molecule has 0 spiro atoms. The molecule has 0 radical (unpaired) electrons. The van der Waals surface area contributed by atoms with Crippen molar-refractivity contribution in [3.63, 3.8) is 0 Å². The summed E-state index contributed by atoms with van der Waals surface area (Å²) in [4.78, 5) is 0. The van der Waals surface area contributed by atoms with Gasteiger partial charge in [-0.2, -0.15) is 0 Å². The minimum Gasteiger partial charge on any atom is -0.381 e. The van der Waals surface area contributed by atoms with Gasteiger partial charge in [0.1, 0.15) is 0 Å². The van der Waals surface area contributed by atoms with Crippen molar-refractivity contribution in [2.75, 3.05) is 26.3 Å². The second kappa shape index (κ2) is 10.4. The average molecular weight is 328 g/mol. The Balaban J connectivity index is 2.43. The van der Waals surface area contributed by atoms with Gasteiger partial charge in [0.2, 0.25) is 0 Å². The maximum Gasteiger partial charge on any atom is 0.0469 e. The van der Waals surface area contributed by atoms with Gasteiger partial charge in [-0.3, -0.25) is 0 Å². The zero-order chi connectivity index (χ0) is 13.9. The van der Waals surface area contributed by atoms with Crippen LogP contribution in [0.2, 0.25) is 0 Å². The van der Waals surface area contributed by atoms with Gasteiger partial charge in [-0.1, -0.05) is 41.9 Å². The van der Waals surface area contributed by atoms with Crippen molar-refractivity contribution in [2.24, 2.45) is 5.92 Å². The van der Waals surface area contributed by atoms with Gasteiger partial charge in [0.05, 0.1) is 0 Å². The quantitative estimate of drug-likeness (QED) is 0.655. The number of benzene rings is 1. The summed E-state index contributed by atoms with van der Waals surface area (Å²) >= 11 is 3.54. The fourth-order valence-electron chi connectivity index (χ4n) is 2.12. The van der Waals surface area contributed by atoms with Crippen molar-refractivity contribution < 1.29 is 4.74 Å². The summed E-state index contributed by atoms with van der Waals surface area (Å²) in [5.41, 5.74) is 1.40. The van der Waals surface area contributed by atoms with Crippen LogP contribution in [0.25, 0.3) is 0 Å². The second-order valence-electron chi connectivity index (χ2n) is 4.91. The molecule has 0 aliphatic heterocycles. The van der Waals surface area contributed by atoms with E-state index in [0.717, 1.165) is 50.0 Å². The highest BCUT2D eigenvalue weighted by Crippen LogP contribution is 2.17. The molecule has 1 rings (SSSR count). The number of nitrogens with one attached hydrogen (secondary N) is 1. The monoisotopic (exact) mass is 327 g/mol. The highest BCUT2D eigenvalue weighted by atomic mass is 79.9. The van der Waals surface area contributed by atoms with Crippen molar-refractivity contribution in [3.8, 4) is 0 Å². The Morgan fingerprint density at radius 2 is 2.11 bits per heavy atom. The Morgan fingerprint density at radius 3 is 2.79 bits per heavy atom. The maximum atomic E-state index is 5.62. The van der Waals surface area contributed by atoms with E-state index in [9.17, 15) is 0 Å². The Kier molecular flexibility index (Phi) is 9.14. The lowest BCUT2D eigenvalue weighted by Gasteiger charge is -2.17. The van der Waals surface area contributed by atoms with Crippen LogP contribution < -0.4 is 5.32 Å². The molecule has 0 amide bonds. The van der Waals surface area contributed by atoms with Crippen LogP contribution in [0.15, 0.2) is 28.7 Å². The van der Waals surface area contributed by atoms with Crippen molar-refractivity contribution in [2.45, 2.75) is 33.1 Å². The topological polar surface area (TPSA) is 21.3 Å². The van der Waals surface area contributed by atoms with Crippen LogP contribution in [-0.2, 0) is 11.2 Å². The van der Waals surface area contributed by atoms with E-state index < -0.39 is 0 Å². The molecule has 0 aromatic heterocycles. The molecule has 0 aliphatic rings. The lowest BCUT2D eigenvalue weighted by molar-refractivity contribution is 0.120. The Labute approximate surface area is 126 Å². The number of halogens is 1. The first-order chi connectivity index (χ1) is 9.26. The van der Waals surface area contributed by atoms with Gasteiger partial charge >= 0.3 is 0 Å². The van der Waals surface area contributed by atoms with Crippen LogP contribution in [0.5, 0.6) is 0 Å². The van der Waals surface area contributed by atoms with Gasteiger partial charge in [0, 0.05) is 17.7 Å². The number of hydrogen-bond donors (Lipinski definition) is 1. The molecule has 0 fully saturated rings. The fourth-order valence-corrected chi connectivity index (χ4v) is 2.57. The highest BCUT2D eigenvalue weighted by molar-refractivity contribution is 9.10. The van der Waals surface area contributed by atoms with Gasteiger partial charge in [0.25, 0.3) is 0 Å². The molecule has 0 bridgehead atoms. The summed E-state index contributed by atoms with van der Waals surface area (Å²) in [6, 6.07) is 8.60. The number of ether oxygens (including phenoxy) is 1. The molecule has 0 saturated carbocycles. The predicted molar refractivity (Wildman–Crippen MR) is 85.6 cm³/mol. The number of hydrogen-bond acceptors (Lipinski definition) is 2. The maximum absolute atomic E-state index is 5.62. The minimum absolute atomic E-state index is 0.645. The minimum atomic E-state index is 0.645. The molecule has 1 aromatic rings. The van der Waals surface area contributed by atoms with Crippen LogP contribution in [0, 0.1) is 5.92 Å². The SMILES string of the molecule is CCCOCCC(CNCC)Cc1cccc(Br)c1. The molecule has 3 heteroatoms. The second-order valence-corrected chi connectivity index (χ2v) is 5.82. The third-order valence-corrected chi connectivity index (χ3v) is 3.61. The Morgan fingerprint density at radius 1 is 1.26 bits per heavy atom. The number of rotatable bonds is 10. The third kappa shape index (κ3) is 7.71. The van der Waals surface area contributed by atoms with Crippen molar-refractivity contribution in [3.05, 3.63) is 34.3 Å². The molecule has 1 atom stereocenters. The van der Waals surface area contributed by atoms with Gasteiger partial charge in [0.15, 0.2) is 0 Å². The summed E-state index contributed by atoms with van der Waals surface area (Å²) in [7, 11) is 0. The first-order valence-electron chi connectivity index (χ1n) is 7.29. The van der Waals surface area contributed by atoms with Crippen LogP contribution in [-0.4, -0.2) is 26.3 Å². The van der Waals surface area contributed by atoms with Crippen LogP contribution in [0.1, 0.15) is 32.3 Å². The zero-order valence-corrected chi connectivity index (χ0v) is 13.7. The molecule has 1 aromatic carbocycles. The normalized spacial score (nSPS) is 12.6. The molecule has 108 valence electrons. The molecular formula is C16H26BrNO. The summed E-state index contributed by atoms with van der Waals surface area (Å²) in [6.07, 6.45) is 3.34. The van der Waals surface area contributed by atoms with Crippen molar-refractivity contribution in [1.29, 1.82) is 0 Å². The Hall–Kier alpha value is -0.380. The van der Waals surface area contributed by atoms with Crippen LogP contribution in [0.4, 0.5) is 0 Å². The van der Waals surface area contributed by atoms with E-state index in [0.29, 0.717) is 5.92 Å². The van der Waals surface area contributed by atoms with Crippen LogP contribution >= 0.6 is 15.9 Å². The lowest BCUT2D eigenvalue weighted by Crippen LogP contribution is -2.25. The highest BCUT2D eigenvalue weighted by Gasteiger charge is 2.09. The molecular weight excluding hydrogens is 302 g/mol. The summed E-state index contributed by atoms with van der Waals surface area (Å²) < 4.78 is 6.78. The molecule has 1 N–H and O–H groups in total. The predicted octanol–water partition coefficient (Wildman–Crippen LogP) is 4.03. The van der Waals surface area contributed by atoms with E-state index in [-0.39, 0.29) is 0 Å². The van der Waals surface area contributed by atoms with Gasteiger partial charge in [-0.15, -0.1) is 0 Å². The van der Waals surface area contributed by atoms with E-state index in [4.69, 9.17) is 4.74 Å². The summed E-state index contributed by atoms with van der Waals surface area (Å²) in [5.74, 6) is 0.645. The standard InChI is InChI=1S/C16H26BrNO/c1-3-9-19-10-8-15(13-18-4-2)11-14-6-5-7-16(17)12-14/h5-7,12,15,18H,3-4,8-11,13H2,1-2H3. The molecule has 19 heavy (non-hydrogen) atoms. The van der Waals surface area contributed by atoms with Crippen LogP contribution in [0.3, 0.4) is 0 Å². The molecule has 1 unspecified atom stereocenters. The first-order valence-corrected chi connectivity index (χ1v) is 8.08. The van der Waals surface area contributed by atoms with E-state index in [1.807, 2.05) is 0 Å². The van der Waals surface area contributed by atoms with E-state index in [1.165, 1.54) is 5.56 Å². The van der Waals surface area contributed by atoms with E-state index >= 15 is 0 Å². The lowest BCUT2D eigenvalue weighted by atomic mass is 9.96. The summed E-state index contributed by atoms with van der Waals surface area (Å²) in [6.45, 7) is 8.16. The summed E-state index contributed by atoms with van der Waals surface area (Å²) in [5, 5.41) is 3.46. The fraction of sp³-hybridized carbons (Fsp3) is 0.625. The van der Waals surface area contributed by atoms with E-state index in [2.05, 4.69) is 59.4 Å². The molecule has 0 aliphatic carbocycles.